The third kappa shape index (κ3) is 6.92. The summed E-state index contributed by atoms with van der Waals surface area (Å²) >= 11 is 6.67. The van der Waals surface area contributed by atoms with Crippen molar-refractivity contribution in [1.29, 1.82) is 5.26 Å². The van der Waals surface area contributed by atoms with Gasteiger partial charge in [-0.05, 0) is 55.5 Å². The summed E-state index contributed by atoms with van der Waals surface area (Å²) in [7, 11) is 0. The van der Waals surface area contributed by atoms with Crippen LogP contribution in [0.2, 0.25) is 0 Å². The van der Waals surface area contributed by atoms with Crippen molar-refractivity contribution in [2.24, 2.45) is 0 Å². The van der Waals surface area contributed by atoms with Crippen LogP contribution in [0.3, 0.4) is 0 Å². The topological polar surface area (TPSA) is 134 Å². The van der Waals surface area contributed by atoms with Crippen LogP contribution in [0.5, 0.6) is 11.5 Å². The van der Waals surface area contributed by atoms with Crippen molar-refractivity contribution in [1.82, 2.24) is 9.47 Å². The number of carboxylic acid groups (broad SMARTS) is 1. The summed E-state index contributed by atoms with van der Waals surface area (Å²) in [5.74, 6) is 0.762. The molecule has 10 nitrogen and oxygen atoms in total. The van der Waals surface area contributed by atoms with Gasteiger partial charge < -0.3 is 19.9 Å². The lowest BCUT2D eigenvalue weighted by molar-refractivity contribution is -0.137. The maximum Gasteiger partial charge on any atom is 0.303 e. The van der Waals surface area contributed by atoms with E-state index in [2.05, 4.69) is 11.4 Å². The molecule has 0 spiro atoms. The fraction of sp³-hybridized carbons (Fsp3) is 0.414. The summed E-state index contributed by atoms with van der Waals surface area (Å²) in [6, 6.07) is 7.68. The highest BCUT2D eigenvalue weighted by atomic mass is 32.2. The number of carbonyl (C=O) groups is 2. The number of unbranched alkanes of at least 4 members (excludes halogenated alkanes) is 3. The van der Waals surface area contributed by atoms with Crippen LogP contribution in [0.4, 0.5) is 5.82 Å². The Hall–Kier alpha value is -3.82. The minimum atomic E-state index is -0.839. The molecule has 2 aliphatic heterocycles. The molecule has 0 bridgehead atoms. The number of nitrogens with zero attached hydrogens (tertiary/aromatic N) is 3. The minimum Gasteiger partial charge on any atom is -0.481 e. The first kappa shape index (κ1) is 30.1. The number of anilines is 1. The highest BCUT2D eigenvalue weighted by molar-refractivity contribution is 8.26. The predicted molar refractivity (Wildman–Crippen MR) is 161 cm³/mol. The van der Waals surface area contributed by atoms with Gasteiger partial charge in [-0.2, -0.15) is 5.26 Å². The molecule has 41 heavy (non-hydrogen) atoms. The van der Waals surface area contributed by atoms with E-state index in [0.717, 1.165) is 18.4 Å². The normalized spacial score (nSPS) is 15.0. The average molecular weight is 597 g/mol. The first-order valence-corrected chi connectivity index (χ1v) is 14.7. The molecule has 1 amide bonds. The van der Waals surface area contributed by atoms with Crippen LogP contribution in [0, 0.1) is 18.3 Å². The molecule has 1 aromatic carbocycles. The number of aliphatic carboxylic acids is 1. The number of pyridine rings is 1. The van der Waals surface area contributed by atoms with Gasteiger partial charge >= 0.3 is 5.97 Å². The van der Waals surface area contributed by atoms with Gasteiger partial charge in [0.2, 0.25) is 6.79 Å². The first-order chi connectivity index (χ1) is 19.7. The van der Waals surface area contributed by atoms with E-state index in [-0.39, 0.29) is 30.2 Å². The van der Waals surface area contributed by atoms with Crippen LogP contribution in [-0.4, -0.2) is 44.1 Å². The monoisotopic (exact) mass is 596 g/mol. The van der Waals surface area contributed by atoms with Gasteiger partial charge in [-0.15, -0.1) is 0 Å². The standard InChI is InChI=1S/C29H32N4O6S2/c1-3-4-11-32-26(31-16-19-9-10-22-23(13-19)39-17-38-22)20(18(2)21(15-30)27(32)36)14-24-28(37)33(29(40)41-24)12-7-5-6-8-25(34)35/h9-10,13-14,31H,3-8,11-12,16-17H2,1-2H3,(H,34,35)/b24-14+. The van der Waals surface area contributed by atoms with E-state index in [0.29, 0.717) is 76.6 Å². The molecule has 2 N–H and O–H groups in total. The summed E-state index contributed by atoms with van der Waals surface area (Å²) < 4.78 is 12.9. The summed E-state index contributed by atoms with van der Waals surface area (Å²) in [5, 5.41) is 22.1. The summed E-state index contributed by atoms with van der Waals surface area (Å²) in [6.45, 7) is 5.08. The lowest BCUT2D eigenvalue weighted by atomic mass is 10.0. The maximum atomic E-state index is 13.4. The number of hydrogen-bond acceptors (Lipinski definition) is 9. The van der Waals surface area contributed by atoms with E-state index >= 15 is 0 Å². The lowest BCUT2D eigenvalue weighted by Crippen LogP contribution is -2.29. The fourth-order valence-electron chi connectivity index (χ4n) is 4.67. The van der Waals surface area contributed by atoms with Gasteiger partial charge in [-0.25, -0.2) is 0 Å². The Morgan fingerprint density at radius 3 is 2.71 bits per heavy atom. The van der Waals surface area contributed by atoms with Crippen LogP contribution in [-0.2, 0) is 22.7 Å². The molecule has 0 saturated carbocycles. The van der Waals surface area contributed by atoms with Crippen LogP contribution in [0.15, 0.2) is 27.9 Å². The van der Waals surface area contributed by atoms with Crippen LogP contribution < -0.4 is 20.3 Å². The number of benzene rings is 1. The number of thiocarbonyl (C=S) groups is 1. The second-order valence-corrected chi connectivity index (χ2v) is 11.4. The van der Waals surface area contributed by atoms with Crippen molar-refractivity contribution in [3.8, 4) is 17.6 Å². The zero-order chi connectivity index (χ0) is 29.5. The van der Waals surface area contributed by atoms with Crippen molar-refractivity contribution < 1.29 is 24.2 Å². The quantitative estimate of drug-likeness (QED) is 0.185. The molecule has 0 atom stereocenters. The van der Waals surface area contributed by atoms with Crippen LogP contribution >= 0.6 is 24.0 Å². The van der Waals surface area contributed by atoms with Crippen molar-refractivity contribution in [3.05, 3.63) is 55.7 Å². The zero-order valence-electron chi connectivity index (χ0n) is 23.0. The SMILES string of the molecule is CCCCn1c(NCc2ccc3c(c2)OCO3)c(/C=C2/SC(=S)N(CCCCCC(=O)O)C2=O)c(C)c(C#N)c1=O. The van der Waals surface area contributed by atoms with Crippen molar-refractivity contribution in [3.63, 3.8) is 0 Å². The lowest BCUT2D eigenvalue weighted by Gasteiger charge is -2.20. The Kier molecular flexibility index (Phi) is 10.1. The highest BCUT2D eigenvalue weighted by Crippen LogP contribution is 2.36. The van der Waals surface area contributed by atoms with Gasteiger partial charge in [-0.3, -0.25) is 23.9 Å². The summed E-state index contributed by atoms with van der Waals surface area (Å²) in [6.07, 6.45) is 5.23. The number of hydrogen-bond donors (Lipinski definition) is 2. The van der Waals surface area contributed by atoms with Gasteiger partial charge in [-0.1, -0.05) is 49.8 Å². The molecule has 0 aliphatic carbocycles. The summed E-state index contributed by atoms with van der Waals surface area (Å²) in [4.78, 5) is 39.4. The number of carbonyl (C=O) groups excluding carboxylic acids is 1. The fourth-order valence-corrected chi connectivity index (χ4v) is 5.96. The van der Waals surface area contributed by atoms with E-state index in [4.69, 9.17) is 26.8 Å². The molecular formula is C29H32N4O6S2. The van der Waals surface area contributed by atoms with E-state index in [1.807, 2.05) is 25.1 Å². The molecule has 216 valence electrons. The van der Waals surface area contributed by atoms with Crippen molar-refractivity contribution in [2.45, 2.75) is 65.5 Å². The highest BCUT2D eigenvalue weighted by Gasteiger charge is 2.32. The molecule has 0 unspecified atom stereocenters. The Labute approximate surface area is 247 Å². The number of ether oxygens (including phenoxy) is 2. The molecular weight excluding hydrogens is 564 g/mol. The maximum absolute atomic E-state index is 13.4. The third-order valence-corrected chi connectivity index (χ3v) is 8.31. The Bertz CT molecular complexity index is 1490. The van der Waals surface area contributed by atoms with Gasteiger partial charge in [0.15, 0.2) is 11.5 Å². The molecule has 2 aliphatic rings. The third-order valence-electron chi connectivity index (χ3n) is 6.93. The Balaban J connectivity index is 1.67. The Morgan fingerprint density at radius 2 is 1.98 bits per heavy atom. The van der Waals surface area contributed by atoms with E-state index in [1.54, 1.807) is 17.6 Å². The van der Waals surface area contributed by atoms with Crippen LogP contribution in [0.1, 0.15) is 67.7 Å². The number of amides is 1. The first-order valence-electron chi connectivity index (χ1n) is 13.5. The van der Waals surface area contributed by atoms with Crippen LogP contribution in [0.25, 0.3) is 6.08 Å². The molecule has 1 aromatic heterocycles. The number of fused-ring (bicyclic) bond motifs is 1. The van der Waals surface area contributed by atoms with Gasteiger partial charge in [0.05, 0.1) is 4.91 Å². The smallest absolute Gasteiger partial charge is 0.303 e. The average Bonchev–Trinajstić information content (AvgIpc) is 3.52. The van der Waals surface area contributed by atoms with Crippen molar-refractivity contribution in [2.75, 3.05) is 18.7 Å². The van der Waals surface area contributed by atoms with Gasteiger partial charge in [0, 0.05) is 31.6 Å². The Morgan fingerprint density at radius 1 is 1.20 bits per heavy atom. The number of nitriles is 1. The number of carboxylic acids is 1. The molecule has 12 heteroatoms. The second-order valence-electron chi connectivity index (χ2n) is 9.76. The number of thioether (sulfide) groups is 1. The van der Waals surface area contributed by atoms with Gasteiger partial charge in [0.25, 0.3) is 11.5 Å². The minimum absolute atomic E-state index is 0.0369. The van der Waals surface area contributed by atoms with E-state index in [1.165, 1.54) is 16.7 Å². The molecule has 1 fully saturated rings. The molecule has 0 radical (unpaired) electrons. The molecule has 3 heterocycles. The molecule has 2 aromatic rings. The predicted octanol–water partition coefficient (Wildman–Crippen LogP) is 5.02. The van der Waals surface area contributed by atoms with E-state index in [9.17, 15) is 19.6 Å². The second kappa shape index (κ2) is 13.7. The number of rotatable bonds is 13. The molecule has 1 saturated heterocycles. The number of aromatic nitrogens is 1. The number of nitrogens with one attached hydrogen (secondary N) is 1. The zero-order valence-corrected chi connectivity index (χ0v) is 24.7. The van der Waals surface area contributed by atoms with E-state index < -0.39 is 5.97 Å². The largest absolute Gasteiger partial charge is 0.481 e. The summed E-state index contributed by atoms with van der Waals surface area (Å²) in [5.41, 5.74) is 1.64. The van der Waals surface area contributed by atoms with Crippen molar-refractivity contribution >= 4 is 52.1 Å². The van der Waals surface area contributed by atoms with Gasteiger partial charge in [0.1, 0.15) is 21.8 Å². The molecule has 4 rings (SSSR count).